The molecule has 0 bridgehead atoms. The lowest BCUT2D eigenvalue weighted by atomic mass is 10.0. The van der Waals surface area contributed by atoms with Gasteiger partial charge in [-0.1, -0.05) is 48.5 Å². The average Bonchev–Trinajstić information content (AvgIpc) is 3.38. The summed E-state index contributed by atoms with van der Waals surface area (Å²) in [7, 11) is 0. The van der Waals surface area contributed by atoms with Gasteiger partial charge in [-0.05, 0) is 42.0 Å². The van der Waals surface area contributed by atoms with Crippen molar-refractivity contribution in [3.05, 3.63) is 113 Å². The van der Waals surface area contributed by atoms with E-state index >= 15 is 0 Å². The molecule has 4 aromatic rings. The zero-order chi connectivity index (χ0) is 23.8. The van der Waals surface area contributed by atoms with Crippen molar-refractivity contribution in [2.75, 3.05) is 10.6 Å². The molecule has 4 rings (SSSR count). The molecule has 3 aromatic carbocycles. The monoisotopic (exact) mass is 470 g/mol. The summed E-state index contributed by atoms with van der Waals surface area (Å²) in [4.78, 5) is 41.8. The molecule has 3 amide bonds. The highest BCUT2D eigenvalue weighted by atomic mass is 32.1. The third-order valence-electron chi connectivity index (χ3n) is 5.02. The minimum Gasteiger partial charge on any atom is -0.345 e. The third-order valence-corrected chi connectivity index (χ3v) is 5.70. The van der Waals surface area contributed by atoms with Crippen molar-refractivity contribution in [2.45, 2.75) is 12.5 Å². The van der Waals surface area contributed by atoms with Crippen LogP contribution in [-0.2, 0) is 4.79 Å². The largest absolute Gasteiger partial charge is 0.345 e. The van der Waals surface area contributed by atoms with Gasteiger partial charge in [-0.2, -0.15) is 0 Å². The summed E-state index contributed by atoms with van der Waals surface area (Å²) in [6.07, 6.45) is 1.67. The summed E-state index contributed by atoms with van der Waals surface area (Å²) in [5.41, 5.74) is 2.36. The number of rotatable bonds is 8. The van der Waals surface area contributed by atoms with Crippen molar-refractivity contribution in [1.29, 1.82) is 0 Å². The lowest BCUT2D eigenvalue weighted by molar-refractivity contribution is -0.116. The molecule has 0 aliphatic rings. The first-order valence-corrected chi connectivity index (χ1v) is 11.5. The Bertz CT molecular complexity index is 1240. The van der Waals surface area contributed by atoms with Crippen molar-refractivity contribution < 1.29 is 14.4 Å². The van der Waals surface area contributed by atoms with Crippen molar-refractivity contribution in [3.8, 4) is 0 Å². The van der Waals surface area contributed by atoms with E-state index in [0.29, 0.717) is 21.9 Å². The van der Waals surface area contributed by atoms with Gasteiger partial charge in [0.2, 0.25) is 5.91 Å². The Balaban J connectivity index is 1.40. The Kier molecular flexibility index (Phi) is 7.42. The summed E-state index contributed by atoms with van der Waals surface area (Å²) in [5, 5.41) is 10.8. The summed E-state index contributed by atoms with van der Waals surface area (Å²) < 4.78 is 0. The molecule has 0 fully saturated rings. The van der Waals surface area contributed by atoms with Crippen LogP contribution in [0.4, 0.5) is 10.8 Å². The predicted octanol–water partition coefficient (Wildman–Crippen LogP) is 4.90. The number of aromatic nitrogens is 1. The van der Waals surface area contributed by atoms with Gasteiger partial charge in [0.25, 0.3) is 11.8 Å². The molecule has 1 aromatic heterocycles. The molecule has 34 heavy (non-hydrogen) atoms. The van der Waals surface area contributed by atoms with Crippen molar-refractivity contribution in [2.24, 2.45) is 0 Å². The third kappa shape index (κ3) is 6.14. The van der Waals surface area contributed by atoms with Crippen molar-refractivity contribution >= 4 is 39.9 Å². The van der Waals surface area contributed by atoms with E-state index in [9.17, 15) is 14.4 Å². The first kappa shape index (κ1) is 22.9. The van der Waals surface area contributed by atoms with Crippen molar-refractivity contribution in [1.82, 2.24) is 10.3 Å². The lowest BCUT2D eigenvalue weighted by Crippen LogP contribution is -2.31. The fourth-order valence-electron chi connectivity index (χ4n) is 3.33. The van der Waals surface area contributed by atoms with Gasteiger partial charge in [0.05, 0.1) is 12.5 Å². The summed E-state index contributed by atoms with van der Waals surface area (Å²) >= 11 is 1.33. The fraction of sp³-hybridized carbons (Fsp3) is 0.0769. The first-order chi connectivity index (χ1) is 16.6. The van der Waals surface area contributed by atoms with E-state index < -0.39 is 6.04 Å². The highest BCUT2D eigenvalue weighted by Crippen LogP contribution is 2.20. The molecular formula is C26H22N4O3S. The molecule has 170 valence electrons. The molecule has 0 aliphatic carbocycles. The van der Waals surface area contributed by atoms with Crippen LogP contribution in [0.5, 0.6) is 0 Å². The van der Waals surface area contributed by atoms with Crippen LogP contribution in [-0.4, -0.2) is 22.7 Å². The molecule has 0 saturated carbocycles. The van der Waals surface area contributed by atoms with E-state index in [2.05, 4.69) is 20.9 Å². The van der Waals surface area contributed by atoms with Gasteiger partial charge in [0.15, 0.2) is 5.13 Å². The number of anilines is 2. The molecule has 8 heteroatoms. The highest BCUT2D eigenvalue weighted by Gasteiger charge is 2.19. The zero-order valence-electron chi connectivity index (χ0n) is 18.1. The smallest absolute Gasteiger partial charge is 0.257 e. The van der Waals surface area contributed by atoms with Crippen molar-refractivity contribution in [3.63, 3.8) is 0 Å². The number of carbonyl (C=O) groups is 3. The number of hydrogen-bond donors (Lipinski definition) is 3. The van der Waals surface area contributed by atoms with Gasteiger partial charge in [0, 0.05) is 28.4 Å². The van der Waals surface area contributed by atoms with Gasteiger partial charge in [-0.15, -0.1) is 11.3 Å². The van der Waals surface area contributed by atoms with Crippen LogP contribution in [0.1, 0.15) is 38.7 Å². The Morgan fingerprint density at radius 2 is 1.41 bits per heavy atom. The first-order valence-electron chi connectivity index (χ1n) is 10.6. The maximum Gasteiger partial charge on any atom is 0.257 e. The molecule has 1 atom stereocenters. The van der Waals surface area contributed by atoms with Crippen LogP contribution in [0.15, 0.2) is 96.5 Å². The number of benzene rings is 3. The van der Waals surface area contributed by atoms with Gasteiger partial charge in [0.1, 0.15) is 0 Å². The summed E-state index contributed by atoms with van der Waals surface area (Å²) in [6, 6.07) is 24.3. The van der Waals surface area contributed by atoms with Crippen LogP contribution in [0.25, 0.3) is 0 Å². The van der Waals surface area contributed by atoms with Crippen LogP contribution in [0, 0.1) is 0 Å². The Morgan fingerprint density at radius 1 is 0.765 bits per heavy atom. The maximum atomic E-state index is 12.8. The number of nitrogens with zero attached hydrogens (tertiary/aromatic N) is 1. The maximum absolute atomic E-state index is 12.8. The second-order valence-corrected chi connectivity index (χ2v) is 8.32. The average molecular weight is 471 g/mol. The normalized spacial score (nSPS) is 11.3. The van der Waals surface area contributed by atoms with E-state index in [-0.39, 0.29) is 24.1 Å². The lowest BCUT2D eigenvalue weighted by Gasteiger charge is -2.19. The molecule has 0 radical (unpaired) electrons. The van der Waals surface area contributed by atoms with Gasteiger partial charge < -0.3 is 10.6 Å². The number of carbonyl (C=O) groups excluding carboxylic acids is 3. The summed E-state index contributed by atoms with van der Waals surface area (Å²) in [6.45, 7) is 0. The van der Waals surface area contributed by atoms with E-state index in [0.717, 1.165) is 5.56 Å². The molecule has 0 saturated heterocycles. The molecule has 1 unspecified atom stereocenters. The van der Waals surface area contributed by atoms with E-state index in [1.807, 2.05) is 36.4 Å². The van der Waals surface area contributed by atoms with Crippen LogP contribution >= 0.6 is 11.3 Å². The minimum absolute atomic E-state index is 0.0505. The molecule has 1 heterocycles. The van der Waals surface area contributed by atoms with Crippen LogP contribution in [0.2, 0.25) is 0 Å². The minimum atomic E-state index is -0.503. The molecule has 7 nitrogen and oxygen atoms in total. The van der Waals surface area contributed by atoms with E-state index in [4.69, 9.17) is 0 Å². The number of thiazole rings is 1. The Hall–Kier alpha value is -4.30. The molecular weight excluding hydrogens is 448 g/mol. The highest BCUT2D eigenvalue weighted by molar-refractivity contribution is 7.13. The standard InChI is InChI=1S/C26H22N4O3S/c31-23(28-21-13-11-20(12-14-21)25(33)30-26-27-15-16-34-26)17-22(18-7-3-1-4-8-18)29-24(32)19-9-5-2-6-10-19/h1-16,22H,17H2,(H,28,31)(H,29,32)(H,27,30,33). The molecule has 3 N–H and O–H groups in total. The quantitative estimate of drug-likeness (QED) is 0.341. The van der Waals surface area contributed by atoms with Crippen LogP contribution < -0.4 is 16.0 Å². The second kappa shape index (κ2) is 11.0. The van der Waals surface area contributed by atoms with Crippen LogP contribution in [0.3, 0.4) is 0 Å². The molecule has 0 spiro atoms. The van der Waals surface area contributed by atoms with Gasteiger partial charge in [-0.25, -0.2) is 4.98 Å². The second-order valence-electron chi connectivity index (χ2n) is 7.42. The fourth-order valence-corrected chi connectivity index (χ4v) is 3.85. The number of amides is 3. The number of hydrogen-bond acceptors (Lipinski definition) is 5. The van der Waals surface area contributed by atoms with Gasteiger partial charge >= 0.3 is 0 Å². The Labute approximate surface area is 200 Å². The number of nitrogens with one attached hydrogen (secondary N) is 3. The zero-order valence-corrected chi connectivity index (χ0v) is 18.9. The molecule has 0 aliphatic heterocycles. The predicted molar refractivity (Wildman–Crippen MR) is 133 cm³/mol. The Morgan fingerprint density at radius 3 is 2.06 bits per heavy atom. The van der Waals surface area contributed by atoms with Gasteiger partial charge in [-0.3, -0.25) is 19.7 Å². The van der Waals surface area contributed by atoms with E-state index in [1.165, 1.54) is 11.3 Å². The SMILES string of the molecule is O=C(CC(NC(=O)c1ccccc1)c1ccccc1)Nc1ccc(C(=O)Nc2nccs2)cc1. The topological polar surface area (TPSA) is 100 Å². The summed E-state index contributed by atoms with van der Waals surface area (Å²) in [5.74, 6) is -0.791. The van der Waals surface area contributed by atoms with E-state index in [1.54, 1.807) is 60.1 Å².